The van der Waals surface area contributed by atoms with Gasteiger partial charge in [0.25, 0.3) is 5.91 Å². The standard InChI is InChI=1S/C18H17FN2O3/c19-14-3-5-15(6-4-14)24-11-18(23)20-10-12-1-7-16-13(9-12)2-8-17(22)21-16/h1,3-7,9H,2,8,10-11H2,(H,20,23)(H,21,22). The predicted molar refractivity (Wildman–Crippen MR) is 87.1 cm³/mol. The second-order valence-corrected chi connectivity index (χ2v) is 5.56. The maximum absolute atomic E-state index is 12.8. The van der Waals surface area contributed by atoms with Gasteiger partial charge in [-0.15, -0.1) is 0 Å². The Morgan fingerprint density at radius 1 is 1.17 bits per heavy atom. The van der Waals surface area contributed by atoms with Crippen LogP contribution in [0.1, 0.15) is 17.5 Å². The molecule has 2 N–H and O–H groups in total. The van der Waals surface area contributed by atoms with Crippen molar-refractivity contribution in [2.24, 2.45) is 0 Å². The SMILES string of the molecule is O=C(COc1ccc(F)cc1)NCc1ccc2c(c1)CCC(=O)N2. The van der Waals surface area contributed by atoms with Crippen LogP contribution in [0, 0.1) is 5.82 Å². The van der Waals surface area contributed by atoms with E-state index in [-0.39, 0.29) is 24.2 Å². The molecule has 2 amide bonds. The Labute approximate surface area is 138 Å². The number of fused-ring (bicyclic) bond motifs is 1. The van der Waals surface area contributed by atoms with Gasteiger partial charge in [-0.3, -0.25) is 9.59 Å². The van der Waals surface area contributed by atoms with Crippen LogP contribution in [0.5, 0.6) is 5.75 Å². The Hall–Kier alpha value is -2.89. The molecular weight excluding hydrogens is 311 g/mol. The first-order chi connectivity index (χ1) is 11.6. The van der Waals surface area contributed by atoms with Crippen molar-refractivity contribution in [2.45, 2.75) is 19.4 Å². The van der Waals surface area contributed by atoms with Crippen molar-refractivity contribution in [1.82, 2.24) is 5.32 Å². The summed E-state index contributed by atoms with van der Waals surface area (Å²) in [5, 5.41) is 5.59. The maximum atomic E-state index is 12.8. The van der Waals surface area contributed by atoms with Crippen molar-refractivity contribution >= 4 is 17.5 Å². The third-order valence-corrected chi connectivity index (χ3v) is 3.74. The van der Waals surface area contributed by atoms with E-state index in [1.807, 2.05) is 18.2 Å². The molecule has 0 fully saturated rings. The summed E-state index contributed by atoms with van der Waals surface area (Å²) in [4.78, 5) is 23.2. The van der Waals surface area contributed by atoms with Gasteiger partial charge < -0.3 is 15.4 Å². The Balaban J connectivity index is 1.49. The molecule has 3 rings (SSSR count). The van der Waals surface area contributed by atoms with E-state index in [1.54, 1.807) is 0 Å². The highest BCUT2D eigenvalue weighted by Gasteiger charge is 2.14. The van der Waals surface area contributed by atoms with Gasteiger partial charge in [0.05, 0.1) is 0 Å². The van der Waals surface area contributed by atoms with Crippen molar-refractivity contribution < 1.29 is 18.7 Å². The number of carbonyl (C=O) groups excluding carboxylic acids is 2. The van der Waals surface area contributed by atoms with Gasteiger partial charge in [0.2, 0.25) is 5.91 Å². The Morgan fingerprint density at radius 2 is 1.96 bits per heavy atom. The smallest absolute Gasteiger partial charge is 0.258 e. The Kier molecular flexibility index (Phi) is 4.74. The van der Waals surface area contributed by atoms with Crippen molar-refractivity contribution in [2.75, 3.05) is 11.9 Å². The van der Waals surface area contributed by atoms with Gasteiger partial charge in [-0.2, -0.15) is 0 Å². The van der Waals surface area contributed by atoms with Gasteiger partial charge in [-0.05, 0) is 47.9 Å². The lowest BCUT2D eigenvalue weighted by atomic mass is 10.0. The van der Waals surface area contributed by atoms with Gasteiger partial charge in [0.1, 0.15) is 11.6 Å². The predicted octanol–water partition coefficient (Wildman–Crippen LogP) is 2.41. The quantitative estimate of drug-likeness (QED) is 0.886. The number of ether oxygens (including phenoxy) is 1. The summed E-state index contributed by atoms with van der Waals surface area (Å²) in [6.45, 7) is 0.249. The molecule has 0 spiro atoms. The molecule has 0 atom stereocenters. The summed E-state index contributed by atoms with van der Waals surface area (Å²) in [7, 11) is 0. The lowest BCUT2D eigenvalue weighted by Gasteiger charge is -2.17. The lowest BCUT2D eigenvalue weighted by molar-refractivity contribution is -0.123. The van der Waals surface area contributed by atoms with Gasteiger partial charge in [-0.1, -0.05) is 12.1 Å². The molecule has 0 aliphatic carbocycles. The number of nitrogens with one attached hydrogen (secondary N) is 2. The number of aryl methyl sites for hydroxylation is 1. The molecular formula is C18H17FN2O3. The molecule has 2 aromatic carbocycles. The largest absolute Gasteiger partial charge is 0.484 e. The summed E-state index contributed by atoms with van der Waals surface area (Å²) in [6.07, 6.45) is 1.19. The zero-order valence-corrected chi connectivity index (χ0v) is 13.0. The molecule has 6 heteroatoms. The summed E-state index contributed by atoms with van der Waals surface area (Å²) in [5.74, 6) is -0.140. The van der Waals surface area contributed by atoms with Crippen LogP contribution in [0.2, 0.25) is 0 Å². The molecule has 0 saturated heterocycles. The number of halogens is 1. The van der Waals surface area contributed by atoms with Crippen molar-refractivity contribution in [3.05, 3.63) is 59.4 Å². The molecule has 0 saturated carbocycles. The topological polar surface area (TPSA) is 67.4 Å². The fraction of sp³-hybridized carbons (Fsp3) is 0.222. The number of anilines is 1. The summed E-state index contributed by atoms with van der Waals surface area (Å²) >= 11 is 0. The highest BCUT2D eigenvalue weighted by atomic mass is 19.1. The second-order valence-electron chi connectivity index (χ2n) is 5.56. The van der Waals surface area contributed by atoms with Crippen molar-refractivity contribution in [1.29, 1.82) is 0 Å². The molecule has 1 heterocycles. The lowest BCUT2D eigenvalue weighted by Crippen LogP contribution is -2.28. The molecule has 124 valence electrons. The summed E-state index contributed by atoms with van der Waals surface area (Å²) in [6, 6.07) is 11.2. The van der Waals surface area contributed by atoms with Crippen LogP contribution in [0.3, 0.4) is 0 Å². The normalized spacial score (nSPS) is 13.0. The first kappa shape index (κ1) is 16.0. The second kappa shape index (κ2) is 7.12. The van der Waals surface area contributed by atoms with Crippen LogP contribution >= 0.6 is 0 Å². The van der Waals surface area contributed by atoms with E-state index in [9.17, 15) is 14.0 Å². The average molecular weight is 328 g/mol. The number of benzene rings is 2. The van der Waals surface area contributed by atoms with Crippen LogP contribution < -0.4 is 15.4 Å². The minimum absolute atomic E-state index is 0.0292. The van der Waals surface area contributed by atoms with E-state index in [4.69, 9.17) is 4.74 Å². The molecule has 2 aromatic rings. The Morgan fingerprint density at radius 3 is 2.75 bits per heavy atom. The number of amides is 2. The van der Waals surface area contributed by atoms with E-state index in [0.29, 0.717) is 25.1 Å². The van der Waals surface area contributed by atoms with Gasteiger partial charge >= 0.3 is 0 Å². The van der Waals surface area contributed by atoms with Gasteiger partial charge in [-0.25, -0.2) is 4.39 Å². The summed E-state index contributed by atoms with van der Waals surface area (Å²) < 4.78 is 18.1. The zero-order chi connectivity index (χ0) is 16.9. The van der Waals surface area contributed by atoms with E-state index in [0.717, 1.165) is 16.8 Å². The van der Waals surface area contributed by atoms with E-state index in [1.165, 1.54) is 24.3 Å². The van der Waals surface area contributed by atoms with Crippen LogP contribution in [0.4, 0.5) is 10.1 Å². The molecule has 1 aliphatic heterocycles. The number of hydrogen-bond donors (Lipinski definition) is 2. The van der Waals surface area contributed by atoms with Crippen molar-refractivity contribution in [3.63, 3.8) is 0 Å². The zero-order valence-electron chi connectivity index (χ0n) is 13.0. The van der Waals surface area contributed by atoms with E-state index >= 15 is 0 Å². The Bertz CT molecular complexity index is 759. The fourth-order valence-electron chi connectivity index (χ4n) is 2.48. The molecule has 0 aromatic heterocycles. The van der Waals surface area contributed by atoms with E-state index in [2.05, 4.69) is 10.6 Å². The molecule has 5 nitrogen and oxygen atoms in total. The minimum atomic E-state index is -0.351. The highest BCUT2D eigenvalue weighted by molar-refractivity contribution is 5.93. The van der Waals surface area contributed by atoms with E-state index < -0.39 is 0 Å². The van der Waals surface area contributed by atoms with Crippen LogP contribution in [0.25, 0.3) is 0 Å². The van der Waals surface area contributed by atoms with Crippen molar-refractivity contribution in [3.8, 4) is 5.75 Å². The molecule has 0 bridgehead atoms. The molecule has 24 heavy (non-hydrogen) atoms. The first-order valence-electron chi connectivity index (χ1n) is 7.67. The maximum Gasteiger partial charge on any atom is 0.258 e. The first-order valence-corrected chi connectivity index (χ1v) is 7.67. The third kappa shape index (κ3) is 4.10. The number of rotatable bonds is 5. The number of carbonyl (C=O) groups is 2. The highest BCUT2D eigenvalue weighted by Crippen LogP contribution is 2.23. The van der Waals surface area contributed by atoms with Gasteiger partial charge in [0, 0.05) is 18.7 Å². The van der Waals surface area contributed by atoms with Crippen LogP contribution in [-0.4, -0.2) is 18.4 Å². The minimum Gasteiger partial charge on any atom is -0.484 e. The van der Waals surface area contributed by atoms with Crippen LogP contribution in [0.15, 0.2) is 42.5 Å². The van der Waals surface area contributed by atoms with Gasteiger partial charge in [0.15, 0.2) is 6.61 Å². The average Bonchev–Trinajstić information content (AvgIpc) is 2.59. The summed E-state index contributed by atoms with van der Waals surface area (Å²) in [5.41, 5.74) is 2.87. The third-order valence-electron chi connectivity index (χ3n) is 3.74. The molecule has 1 aliphatic rings. The molecule has 0 unspecified atom stereocenters. The molecule has 0 radical (unpaired) electrons. The van der Waals surface area contributed by atoms with Crippen LogP contribution in [-0.2, 0) is 22.6 Å². The fourth-order valence-corrected chi connectivity index (χ4v) is 2.48. The monoisotopic (exact) mass is 328 g/mol. The number of hydrogen-bond acceptors (Lipinski definition) is 3.